The van der Waals surface area contributed by atoms with Crippen LogP contribution < -0.4 is 5.32 Å². The molecule has 3 aromatic carbocycles. The molecule has 1 N–H and O–H groups in total. The molecule has 0 aliphatic carbocycles. The van der Waals surface area contributed by atoms with Crippen molar-refractivity contribution in [2.45, 2.75) is 0 Å². The highest BCUT2D eigenvalue weighted by Gasteiger charge is 2.23. The zero-order valence-electron chi connectivity index (χ0n) is 14.8. The number of amides is 1. The predicted octanol–water partition coefficient (Wildman–Crippen LogP) is 4.65. The first-order valence-electron chi connectivity index (χ1n) is 8.90. The molecule has 0 fully saturated rings. The maximum Gasteiger partial charge on any atom is 0.256 e. The van der Waals surface area contributed by atoms with Crippen LogP contribution in [0.4, 0.5) is 0 Å². The summed E-state index contributed by atoms with van der Waals surface area (Å²) >= 11 is 0. The average Bonchev–Trinajstić information content (AvgIpc) is 3.34. The Morgan fingerprint density at radius 2 is 1.36 bits per heavy atom. The van der Waals surface area contributed by atoms with Crippen molar-refractivity contribution in [1.29, 1.82) is 0 Å². The molecule has 0 unspecified atom stereocenters. The van der Waals surface area contributed by atoms with Crippen LogP contribution >= 0.6 is 0 Å². The minimum absolute atomic E-state index is 0.127. The second-order valence-corrected chi connectivity index (χ2v) is 6.45. The van der Waals surface area contributed by atoms with Gasteiger partial charge in [-0.3, -0.25) is 4.79 Å². The fourth-order valence-electron chi connectivity index (χ4n) is 3.26. The summed E-state index contributed by atoms with van der Waals surface area (Å²) in [6, 6.07) is 25.5. The van der Waals surface area contributed by atoms with Crippen LogP contribution in [0.5, 0.6) is 0 Å². The highest BCUT2D eigenvalue weighted by Crippen LogP contribution is 2.27. The van der Waals surface area contributed by atoms with Crippen molar-refractivity contribution in [1.82, 2.24) is 15.5 Å². The number of benzene rings is 3. The van der Waals surface area contributed by atoms with Crippen molar-refractivity contribution < 1.29 is 9.21 Å². The Hall–Kier alpha value is -3.99. The van der Waals surface area contributed by atoms with Crippen LogP contribution in [0.15, 0.2) is 83.3 Å². The number of rotatable bonds is 3. The number of hydrogen-bond acceptors (Lipinski definition) is 4. The maximum atomic E-state index is 12.0. The van der Waals surface area contributed by atoms with Crippen LogP contribution in [0, 0.1) is 0 Å². The Kier molecular flexibility index (Phi) is 3.84. The molecule has 1 aliphatic rings. The first-order chi connectivity index (χ1) is 13.8. The highest BCUT2D eigenvalue weighted by molar-refractivity contribution is 6.11. The quantitative estimate of drug-likeness (QED) is 0.574. The van der Waals surface area contributed by atoms with Crippen molar-refractivity contribution >= 4 is 17.7 Å². The minimum Gasteiger partial charge on any atom is -0.417 e. The second kappa shape index (κ2) is 6.63. The molecule has 5 heteroatoms. The maximum absolute atomic E-state index is 12.0. The van der Waals surface area contributed by atoms with E-state index in [1.165, 1.54) is 0 Å². The van der Waals surface area contributed by atoms with Gasteiger partial charge in [-0.1, -0.05) is 60.7 Å². The molecule has 4 aromatic rings. The lowest BCUT2D eigenvalue weighted by Crippen LogP contribution is -2.11. The van der Waals surface area contributed by atoms with E-state index in [9.17, 15) is 4.79 Å². The van der Waals surface area contributed by atoms with Crippen molar-refractivity contribution in [3.05, 3.63) is 95.9 Å². The first-order valence-corrected chi connectivity index (χ1v) is 8.90. The molecule has 0 bridgehead atoms. The van der Waals surface area contributed by atoms with Gasteiger partial charge in [0.25, 0.3) is 5.91 Å². The van der Waals surface area contributed by atoms with Crippen molar-refractivity contribution in [2.75, 3.05) is 0 Å². The number of aromatic nitrogens is 2. The average molecular weight is 365 g/mol. The van der Waals surface area contributed by atoms with E-state index in [0.29, 0.717) is 23.0 Å². The molecule has 0 saturated carbocycles. The van der Waals surface area contributed by atoms with Gasteiger partial charge in [0, 0.05) is 22.8 Å². The Morgan fingerprint density at radius 3 is 2.14 bits per heavy atom. The van der Waals surface area contributed by atoms with Crippen LogP contribution in [0.25, 0.3) is 34.4 Å². The van der Waals surface area contributed by atoms with E-state index in [-0.39, 0.29) is 5.91 Å². The number of fused-ring (bicyclic) bond motifs is 1. The zero-order chi connectivity index (χ0) is 18.9. The van der Waals surface area contributed by atoms with Gasteiger partial charge in [0.15, 0.2) is 0 Å². The van der Waals surface area contributed by atoms with Crippen molar-refractivity contribution in [2.24, 2.45) is 0 Å². The van der Waals surface area contributed by atoms with E-state index in [0.717, 1.165) is 22.3 Å². The molecular weight excluding hydrogens is 350 g/mol. The van der Waals surface area contributed by atoms with E-state index in [1.54, 1.807) is 12.1 Å². The summed E-state index contributed by atoms with van der Waals surface area (Å²) in [5, 5.41) is 11.1. The Labute approximate surface area is 161 Å². The molecule has 28 heavy (non-hydrogen) atoms. The number of carbonyl (C=O) groups is 1. The van der Waals surface area contributed by atoms with Gasteiger partial charge in [0.05, 0.1) is 5.70 Å². The van der Waals surface area contributed by atoms with Crippen LogP contribution in [0.1, 0.15) is 21.8 Å². The number of nitrogens with zero attached hydrogens (tertiary/aromatic N) is 2. The third-order valence-electron chi connectivity index (χ3n) is 4.66. The summed E-state index contributed by atoms with van der Waals surface area (Å²) in [5.74, 6) is 0.649. The third-order valence-corrected chi connectivity index (χ3v) is 4.66. The van der Waals surface area contributed by atoms with E-state index in [2.05, 4.69) is 27.6 Å². The van der Waals surface area contributed by atoms with Crippen LogP contribution in [-0.4, -0.2) is 16.1 Å². The molecule has 0 radical (unpaired) electrons. The Morgan fingerprint density at radius 1 is 0.714 bits per heavy atom. The molecule has 2 heterocycles. The number of nitrogens with one attached hydrogen (secondary N) is 1. The molecule has 5 nitrogen and oxygen atoms in total. The van der Waals surface area contributed by atoms with E-state index in [4.69, 9.17) is 4.42 Å². The summed E-state index contributed by atoms with van der Waals surface area (Å²) in [4.78, 5) is 12.0. The van der Waals surface area contributed by atoms with Crippen molar-refractivity contribution in [3.63, 3.8) is 0 Å². The third kappa shape index (κ3) is 2.89. The molecule has 5 rings (SSSR count). The van der Waals surface area contributed by atoms with Gasteiger partial charge >= 0.3 is 0 Å². The number of carbonyl (C=O) groups excluding carboxylic acids is 1. The molecule has 0 spiro atoms. The summed E-state index contributed by atoms with van der Waals surface area (Å²) in [7, 11) is 0. The molecule has 134 valence electrons. The standard InChI is InChI=1S/C23H15N3O2/c27-22-19-9-5-4-8-18(19)20(24-22)14-21-25-26-23(28-21)17-12-10-16(11-13-17)15-6-2-1-3-7-15/h1-14H,(H,24,27)/b20-14-. The largest absolute Gasteiger partial charge is 0.417 e. The van der Waals surface area contributed by atoms with Gasteiger partial charge in [-0.15, -0.1) is 10.2 Å². The molecule has 1 amide bonds. The van der Waals surface area contributed by atoms with E-state index in [1.807, 2.05) is 60.7 Å². The van der Waals surface area contributed by atoms with Crippen LogP contribution in [-0.2, 0) is 0 Å². The summed E-state index contributed by atoms with van der Waals surface area (Å²) in [5.41, 5.74) is 5.25. The lowest BCUT2D eigenvalue weighted by atomic mass is 10.0. The fourth-order valence-corrected chi connectivity index (χ4v) is 3.26. The van der Waals surface area contributed by atoms with Gasteiger partial charge in [0.2, 0.25) is 11.8 Å². The summed E-state index contributed by atoms with van der Waals surface area (Å²) in [6.07, 6.45) is 1.69. The molecule has 0 atom stereocenters. The summed E-state index contributed by atoms with van der Waals surface area (Å²) in [6.45, 7) is 0. The SMILES string of the molecule is O=C1N/C(=C\c2nnc(-c3ccc(-c4ccccc4)cc3)o2)c2ccccc21. The lowest BCUT2D eigenvalue weighted by Gasteiger charge is -2.01. The van der Waals surface area contributed by atoms with Crippen LogP contribution in [0.3, 0.4) is 0 Å². The monoisotopic (exact) mass is 365 g/mol. The van der Waals surface area contributed by atoms with Crippen LogP contribution in [0.2, 0.25) is 0 Å². The Bertz CT molecular complexity index is 1190. The molecular formula is C23H15N3O2. The summed E-state index contributed by atoms with van der Waals surface area (Å²) < 4.78 is 5.78. The van der Waals surface area contributed by atoms with Crippen molar-refractivity contribution in [3.8, 4) is 22.6 Å². The normalized spacial score (nSPS) is 14.1. The lowest BCUT2D eigenvalue weighted by molar-refractivity contribution is 0.0981. The first kappa shape index (κ1) is 16.2. The van der Waals surface area contributed by atoms with Gasteiger partial charge in [0.1, 0.15) is 0 Å². The molecule has 1 aliphatic heterocycles. The second-order valence-electron chi connectivity index (χ2n) is 6.45. The predicted molar refractivity (Wildman–Crippen MR) is 107 cm³/mol. The Balaban J connectivity index is 1.42. The topological polar surface area (TPSA) is 68.0 Å². The van der Waals surface area contributed by atoms with E-state index >= 15 is 0 Å². The molecule has 1 aromatic heterocycles. The minimum atomic E-state index is -0.127. The van der Waals surface area contributed by atoms with Gasteiger partial charge in [-0.05, 0) is 29.3 Å². The van der Waals surface area contributed by atoms with Gasteiger partial charge in [-0.2, -0.15) is 0 Å². The number of hydrogen-bond donors (Lipinski definition) is 1. The fraction of sp³-hybridized carbons (Fsp3) is 0. The van der Waals surface area contributed by atoms with Gasteiger partial charge < -0.3 is 9.73 Å². The highest BCUT2D eigenvalue weighted by atomic mass is 16.4. The molecule has 0 saturated heterocycles. The smallest absolute Gasteiger partial charge is 0.256 e. The van der Waals surface area contributed by atoms with Gasteiger partial charge in [-0.25, -0.2) is 0 Å². The van der Waals surface area contributed by atoms with E-state index < -0.39 is 0 Å². The zero-order valence-corrected chi connectivity index (χ0v) is 14.8.